The van der Waals surface area contributed by atoms with Crippen molar-refractivity contribution in [2.45, 2.75) is 46.2 Å². The Labute approximate surface area is 120 Å². The first-order valence-electron chi connectivity index (χ1n) is 7.37. The van der Waals surface area contributed by atoms with E-state index in [0.29, 0.717) is 12.6 Å². The standard InChI is InChI=1S/C14H26N4S/c1-4-11(3)17-6-8-18(9-7-17)14-16-12(5-2)13(10-15)19-14/h11H,4-10,15H2,1-3H3. The van der Waals surface area contributed by atoms with Gasteiger partial charge in [-0.2, -0.15) is 0 Å². The van der Waals surface area contributed by atoms with Gasteiger partial charge in [0.1, 0.15) is 0 Å². The third kappa shape index (κ3) is 3.27. The molecule has 0 bridgehead atoms. The molecule has 0 amide bonds. The van der Waals surface area contributed by atoms with Gasteiger partial charge in [0.05, 0.1) is 5.69 Å². The molecule has 19 heavy (non-hydrogen) atoms. The van der Waals surface area contributed by atoms with E-state index >= 15 is 0 Å². The number of hydrogen-bond donors (Lipinski definition) is 1. The average Bonchev–Trinajstić information content (AvgIpc) is 2.89. The molecule has 0 saturated carbocycles. The van der Waals surface area contributed by atoms with E-state index < -0.39 is 0 Å². The topological polar surface area (TPSA) is 45.4 Å². The molecule has 0 radical (unpaired) electrons. The van der Waals surface area contributed by atoms with Gasteiger partial charge in [0, 0.05) is 43.6 Å². The fourth-order valence-corrected chi connectivity index (χ4v) is 3.63. The Hall–Kier alpha value is -0.650. The van der Waals surface area contributed by atoms with Crippen LogP contribution in [0.1, 0.15) is 37.8 Å². The smallest absolute Gasteiger partial charge is 0.185 e. The lowest BCUT2D eigenvalue weighted by Crippen LogP contribution is -2.49. The second-order valence-corrected chi connectivity index (χ2v) is 6.27. The van der Waals surface area contributed by atoms with Crippen LogP contribution < -0.4 is 10.6 Å². The molecule has 1 aliphatic heterocycles. The lowest BCUT2D eigenvalue weighted by Gasteiger charge is -2.37. The molecule has 108 valence electrons. The summed E-state index contributed by atoms with van der Waals surface area (Å²) in [5.74, 6) is 0. The molecule has 1 aromatic heterocycles. The van der Waals surface area contributed by atoms with E-state index in [1.54, 1.807) is 11.3 Å². The van der Waals surface area contributed by atoms with Crippen LogP contribution >= 0.6 is 11.3 Å². The van der Waals surface area contributed by atoms with Crippen LogP contribution in [-0.2, 0) is 13.0 Å². The summed E-state index contributed by atoms with van der Waals surface area (Å²) in [6, 6.07) is 0.698. The molecular weight excluding hydrogens is 256 g/mol. The van der Waals surface area contributed by atoms with Crippen molar-refractivity contribution in [3.05, 3.63) is 10.6 Å². The minimum Gasteiger partial charge on any atom is -0.346 e. The van der Waals surface area contributed by atoms with Crippen molar-refractivity contribution in [1.29, 1.82) is 0 Å². The Bertz CT molecular complexity index is 375. The fraction of sp³-hybridized carbons (Fsp3) is 0.786. The first kappa shape index (κ1) is 14.8. The van der Waals surface area contributed by atoms with Gasteiger partial charge < -0.3 is 10.6 Å². The number of nitrogens with two attached hydrogens (primary N) is 1. The number of thiazole rings is 1. The summed E-state index contributed by atoms with van der Waals surface area (Å²) in [4.78, 5) is 11.0. The summed E-state index contributed by atoms with van der Waals surface area (Å²) in [5, 5.41) is 1.17. The second kappa shape index (κ2) is 6.68. The number of piperazine rings is 1. The lowest BCUT2D eigenvalue weighted by atomic mass is 10.2. The number of anilines is 1. The van der Waals surface area contributed by atoms with Crippen molar-refractivity contribution < 1.29 is 0 Å². The highest BCUT2D eigenvalue weighted by Gasteiger charge is 2.22. The van der Waals surface area contributed by atoms with E-state index in [-0.39, 0.29) is 0 Å². The van der Waals surface area contributed by atoms with Crippen molar-refractivity contribution in [2.75, 3.05) is 31.1 Å². The van der Waals surface area contributed by atoms with E-state index in [1.807, 2.05) is 0 Å². The molecule has 2 rings (SSSR count). The lowest BCUT2D eigenvalue weighted by molar-refractivity contribution is 0.193. The predicted molar refractivity (Wildman–Crippen MR) is 82.9 cm³/mol. The average molecular weight is 282 g/mol. The van der Waals surface area contributed by atoms with E-state index in [0.717, 1.165) is 32.6 Å². The Kier molecular flexibility index (Phi) is 5.19. The third-order valence-electron chi connectivity index (χ3n) is 4.09. The number of nitrogens with zero attached hydrogens (tertiary/aromatic N) is 3. The molecule has 1 aliphatic rings. The first-order chi connectivity index (χ1) is 9.19. The summed E-state index contributed by atoms with van der Waals surface area (Å²) in [7, 11) is 0. The zero-order valence-corrected chi connectivity index (χ0v) is 13.2. The molecule has 1 unspecified atom stereocenters. The van der Waals surface area contributed by atoms with Crippen LogP contribution in [0.5, 0.6) is 0 Å². The molecule has 4 nitrogen and oxygen atoms in total. The number of aromatic nitrogens is 1. The summed E-state index contributed by atoms with van der Waals surface area (Å²) >= 11 is 1.78. The Balaban J connectivity index is 1.99. The maximum Gasteiger partial charge on any atom is 0.185 e. The quantitative estimate of drug-likeness (QED) is 0.898. The summed E-state index contributed by atoms with van der Waals surface area (Å²) in [6.45, 7) is 11.8. The largest absolute Gasteiger partial charge is 0.346 e. The highest BCUT2D eigenvalue weighted by atomic mass is 32.1. The normalized spacial score (nSPS) is 18.8. The monoisotopic (exact) mass is 282 g/mol. The van der Waals surface area contributed by atoms with Crippen molar-refractivity contribution >= 4 is 16.5 Å². The van der Waals surface area contributed by atoms with Gasteiger partial charge in [-0.05, 0) is 19.8 Å². The Morgan fingerprint density at radius 2 is 1.95 bits per heavy atom. The Morgan fingerprint density at radius 3 is 2.42 bits per heavy atom. The zero-order valence-electron chi connectivity index (χ0n) is 12.4. The molecule has 1 fully saturated rings. The van der Waals surface area contributed by atoms with Gasteiger partial charge in [-0.1, -0.05) is 13.8 Å². The maximum atomic E-state index is 5.79. The van der Waals surface area contributed by atoms with Crippen LogP contribution in [0.15, 0.2) is 0 Å². The zero-order chi connectivity index (χ0) is 13.8. The molecule has 2 heterocycles. The highest BCUT2D eigenvalue weighted by molar-refractivity contribution is 7.15. The van der Waals surface area contributed by atoms with Crippen LogP contribution in [0.3, 0.4) is 0 Å². The van der Waals surface area contributed by atoms with E-state index in [2.05, 4.69) is 30.6 Å². The predicted octanol–water partition coefficient (Wildman–Crippen LogP) is 2.08. The van der Waals surface area contributed by atoms with Crippen molar-refractivity contribution in [3.63, 3.8) is 0 Å². The SMILES string of the molecule is CCc1nc(N2CCN(C(C)CC)CC2)sc1CN. The first-order valence-corrected chi connectivity index (χ1v) is 8.18. The van der Waals surface area contributed by atoms with Crippen molar-refractivity contribution in [2.24, 2.45) is 5.73 Å². The third-order valence-corrected chi connectivity index (χ3v) is 5.27. The molecule has 1 atom stereocenters. The summed E-state index contributed by atoms with van der Waals surface area (Å²) < 4.78 is 0. The minimum absolute atomic E-state index is 0.619. The van der Waals surface area contributed by atoms with Crippen LogP contribution in [-0.4, -0.2) is 42.1 Å². The fourth-order valence-electron chi connectivity index (χ4n) is 2.55. The van der Waals surface area contributed by atoms with E-state index in [4.69, 9.17) is 10.7 Å². The van der Waals surface area contributed by atoms with Crippen molar-refractivity contribution in [3.8, 4) is 0 Å². The summed E-state index contributed by atoms with van der Waals surface area (Å²) in [5.41, 5.74) is 6.98. The number of hydrogen-bond acceptors (Lipinski definition) is 5. The molecule has 2 N–H and O–H groups in total. The van der Waals surface area contributed by atoms with Gasteiger partial charge >= 0.3 is 0 Å². The number of aryl methyl sites for hydroxylation is 1. The molecule has 5 heteroatoms. The van der Waals surface area contributed by atoms with Crippen LogP contribution in [0.2, 0.25) is 0 Å². The van der Waals surface area contributed by atoms with Gasteiger partial charge in [0.2, 0.25) is 0 Å². The van der Waals surface area contributed by atoms with Crippen LogP contribution in [0, 0.1) is 0 Å². The van der Waals surface area contributed by atoms with Gasteiger partial charge in [0.15, 0.2) is 5.13 Å². The van der Waals surface area contributed by atoms with Gasteiger partial charge in [-0.25, -0.2) is 4.98 Å². The van der Waals surface area contributed by atoms with Crippen LogP contribution in [0.25, 0.3) is 0 Å². The Morgan fingerprint density at radius 1 is 1.26 bits per heavy atom. The van der Waals surface area contributed by atoms with Gasteiger partial charge in [-0.3, -0.25) is 4.90 Å². The van der Waals surface area contributed by atoms with Crippen molar-refractivity contribution in [1.82, 2.24) is 9.88 Å². The molecule has 0 aliphatic carbocycles. The van der Waals surface area contributed by atoms with Gasteiger partial charge in [0.25, 0.3) is 0 Å². The second-order valence-electron chi connectivity index (χ2n) is 5.20. The number of rotatable bonds is 5. The van der Waals surface area contributed by atoms with Crippen LogP contribution in [0.4, 0.5) is 5.13 Å². The molecule has 1 aromatic rings. The molecule has 1 saturated heterocycles. The molecular formula is C14H26N4S. The van der Waals surface area contributed by atoms with Gasteiger partial charge in [-0.15, -0.1) is 11.3 Å². The molecule has 0 aromatic carbocycles. The maximum absolute atomic E-state index is 5.79. The summed E-state index contributed by atoms with van der Waals surface area (Å²) in [6.07, 6.45) is 2.21. The minimum atomic E-state index is 0.619. The van der Waals surface area contributed by atoms with E-state index in [9.17, 15) is 0 Å². The molecule has 0 spiro atoms. The highest BCUT2D eigenvalue weighted by Crippen LogP contribution is 2.27. The van der Waals surface area contributed by atoms with E-state index in [1.165, 1.54) is 22.1 Å².